The van der Waals surface area contributed by atoms with Gasteiger partial charge in [-0.3, -0.25) is 9.59 Å². The molecule has 3 unspecified atom stereocenters. The van der Waals surface area contributed by atoms with Gasteiger partial charge in [0.2, 0.25) is 5.91 Å². The molecule has 3 fully saturated rings. The Hall–Kier alpha value is -3.88. The largest absolute Gasteiger partial charge is 0.501 e. The molecule has 7 rings (SSSR count). The van der Waals surface area contributed by atoms with Gasteiger partial charge < -0.3 is 28.7 Å². The van der Waals surface area contributed by atoms with Crippen LogP contribution in [0.25, 0.3) is 16.5 Å². The van der Waals surface area contributed by atoms with Crippen LogP contribution in [0.2, 0.25) is 0 Å². The van der Waals surface area contributed by atoms with E-state index in [1.807, 2.05) is 35.8 Å². The van der Waals surface area contributed by atoms with E-state index < -0.39 is 21.5 Å². The maximum atomic E-state index is 15.5. The fraction of sp³-hybridized carbons (Fsp3) is 0.615. The Balaban J connectivity index is 1.49. The predicted molar refractivity (Wildman–Crippen MR) is 202 cm³/mol. The number of urea groups is 1. The third-order valence-corrected chi connectivity index (χ3v) is 13.6. The molecule has 5 atom stereocenters. The van der Waals surface area contributed by atoms with Crippen LogP contribution >= 0.6 is 0 Å². The quantitative estimate of drug-likeness (QED) is 0.463. The lowest BCUT2D eigenvalue weighted by atomic mass is 9.66. The number of amides is 4. The number of methoxy groups -OCH3 is 1. The van der Waals surface area contributed by atoms with Crippen LogP contribution < -0.4 is 4.72 Å². The summed E-state index contributed by atoms with van der Waals surface area (Å²) < 4.78 is 42.8. The number of rotatable bonds is 6. The van der Waals surface area contributed by atoms with Gasteiger partial charge in [0, 0.05) is 95.4 Å². The van der Waals surface area contributed by atoms with Crippen molar-refractivity contribution < 1.29 is 32.3 Å². The van der Waals surface area contributed by atoms with Crippen LogP contribution in [0.5, 0.6) is 0 Å². The zero-order valence-electron chi connectivity index (χ0n) is 32.1. The Morgan fingerprint density at radius 3 is 2.28 bits per heavy atom. The molecule has 1 saturated carbocycles. The third kappa shape index (κ3) is 6.54. The van der Waals surface area contributed by atoms with Gasteiger partial charge in [0.1, 0.15) is 0 Å². The molecule has 4 heterocycles. The molecule has 2 saturated heterocycles. The molecular formula is C39H54N6O7S. The zero-order valence-corrected chi connectivity index (χ0v) is 32.9. The fourth-order valence-corrected chi connectivity index (χ4v) is 10.3. The van der Waals surface area contributed by atoms with Crippen LogP contribution in [0.15, 0.2) is 36.1 Å². The van der Waals surface area contributed by atoms with Crippen LogP contribution in [0.1, 0.15) is 79.9 Å². The molecule has 2 aliphatic carbocycles. The van der Waals surface area contributed by atoms with E-state index in [4.69, 9.17) is 9.47 Å². The third-order valence-electron chi connectivity index (χ3n) is 12.2. The Kier molecular flexibility index (Phi) is 9.94. The minimum Gasteiger partial charge on any atom is -0.501 e. The molecule has 0 spiro atoms. The monoisotopic (exact) mass is 750 g/mol. The summed E-state index contributed by atoms with van der Waals surface area (Å²) in [5.74, 6) is 0.0271. The standard InChI is InChI=1S/C39H54N6O7S/c1-24-19-43(20-25(2)52-24)37(47)39-22-44(38(48)41(3)4)21-32(39)31-18-28(51-7)14-16-29(31)35-34(26-11-9-8-10-12-26)30-15-13-27(17-33(30)45(35)23-39)36(46)40-53(49,50)42(5)6/h13-17,24-26,31-32H,8-12,18-23H2,1-7H3,(H,40,46)/t24-,25+,31?,32?,39?. The first-order chi connectivity index (χ1) is 25.1. The topological polar surface area (TPSA) is 134 Å². The van der Waals surface area contributed by atoms with E-state index >= 15 is 4.79 Å². The normalized spacial score (nSPS) is 27.7. The predicted octanol–water partition coefficient (Wildman–Crippen LogP) is 4.41. The van der Waals surface area contributed by atoms with Gasteiger partial charge in [-0.2, -0.15) is 12.7 Å². The van der Waals surface area contributed by atoms with E-state index in [1.54, 1.807) is 38.2 Å². The van der Waals surface area contributed by atoms with Crippen molar-refractivity contribution in [2.45, 2.75) is 77.0 Å². The summed E-state index contributed by atoms with van der Waals surface area (Å²) in [5.41, 5.74) is 3.41. The first-order valence-corrected chi connectivity index (χ1v) is 20.4. The number of nitrogens with zero attached hydrogens (tertiary/aromatic N) is 5. The van der Waals surface area contributed by atoms with Crippen molar-refractivity contribution >= 4 is 44.5 Å². The van der Waals surface area contributed by atoms with Crippen molar-refractivity contribution in [2.75, 3.05) is 61.5 Å². The average Bonchev–Trinajstić information content (AvgIpc) is 3.63. The van der Waals surface area contributed by atoms with Crippen molar-refractivity contribution in [3.8, 4) is 0 Å². The molecule has 14 heteroatoms. The number of fused-ring (bicyclic) bond motifs is 7. The second kappa shape index (κ2) is 14.1. The van der Waals surface area contributed by atoms with Gasteiger partial charge >= 0.3 is 16.2 Å². The molecule has 5 aliphatic rings. The second-order valence-corrected chi connectivity index (χ2v) is 18.1. The number of benzene rings is 1. The first-order valence-electron chi connectivity index (χ1n) is 18.9. The van der Waals surface area contributed by atoms with Crippen molar-refractivity contribution in [1.82, 2.24) is 28.3 Å². The maximum absolute atomic E-state index is 15.5. The number of allylic oxidation sites excluding steroid dienone is 4. The van der Waals surface area contributed by atoms with Crippen LogP contribution in [-0.2, 0) is 31.0 Å². The first kappa shape index (κ1) is 37.4. The molecule has 2 aromatic rings. The molecule has 1 aromatic carbocycles. The summed E-state index contributed by atoms with van der Waals surface area (Å²) in [6, 6.07) is 5.31. The summed E-state index contributed by atoms with van der Waals surface area (Å²) in [4.78, 5) is 48.2. The highest BCUT2D eigenvalue weighted by Crippen LogP contribution is 2.56. The van der Waals surface area contributed by atoms with E-state index in [-0.39, 0.29) is 54.0 Å². The minimum atomic E-state index is -4.04. The van der Waals surface area contributed by atoms with Crippen LogP contribution in [-0.4, -0.2) is 124 Å². The lowest BCUT2D eigenvalue weighted by Gasteiger charge is -2.43. The molecule has 1 N–H and O–H groups in total. The van der Waals surface area contributed by atoms with Crippen molar-refractivity contribution in [2.24, 2.45) is 17.3 Å². The summed E-state index contributed by atoms with van der Waals surface area (Å²) >= 11 is 0. The number of aromatic nitrogens is 1. The number of ether oxygens (including phenoxy) is 2. The molecule has 288 valence electrons. The molecule has 53 heavy (non-hydrogen) atoms. The highest BCUT2D eigenvalue weighted by molar-refractivity contribution is 7.87. The Morgan fingerprint density at radius 1 is 0.943 bits per heavy atom. The van der Waals surface area contributed by atoms with Crippen LogP contribution in [0.4, 0.5) is 4.79 Å². The van der Waals surface area contributed by atoms with Crippen LogP contribution in [0, 0.1) is 17.3 Å². The molecule has 0 bridgehead atoms. The number of carbonyl (C=O) groups is 3. The number of hydrogen-bond donors (Lipinski definition) is 1. The molecule has 0 radical (unpaired) electrons. The lowest BCUT2D eigenvalue weighted by Crippen LogP contribution is -2.57. The average molecular weight is 751 g/mol. The van der Waals surface area contributed by atoms with Crippen LogP contribution in [0.3, 0.4) is 0 Å². The zero-order chi connectivity index (χ0) is 38.0. The van der Waals surface area contributed by atoms with Gasteiger partial charge in [0.25, 0.3) is 5.91 Å². The molecule has 3 aliphatic heterocycles. The molecular weight excluding hydrogens is 697 g/mol. The van der Waals surface area contributed by atoms with Crippen molar-refractivity contribution in [3.63, 3.8) is 0 Å². The van der Waals surface area contributed by atoms with Crippen molar-refractivity contribution in [3.05, 3.63) is 52.9 Å². The van der Waals surface area contributed by atoms with Gasteiger partial charge in [0.15, 0.2) is 0 Å². The number of likely N-dealkylation sites (tertiary alicyclic amines) is 1. The molecule has 13 nitrogen and oxygen atoms in total. The Labute approximate surface area is 313 Å². The summed E-state index contributed by atoms with van der Waals surface area (Å²) in [6.45, 7) is 5.83. The van der Waals surface area contributed by atoms with Gasteiger partial charge in [-0.15, -0.1) is 0 Å². The summed E-state index contributed by atoms with van der Waals surface area (Å²) in [7, 11) is 3.87. The van der Waals surface area contributed by atoms with Gasteiger partial charge in [0.05, 0.1) is 30.5 Å². The van der Waals surface area contributed by atoms with E-state index in [1.165, 1.54) is 26.1 Å². The minimum absolute atomic E-state index is 0.00585. The Bertz CT molecular complexity index is 1970. The lowest BCUT2D eigenvalue weighted by molar-refractivity contribution is -0.157. The van der Waals surface area contributed by atoms with Gasteiger partial charge in [-0.25, -0.2) is 9.52 Å². The number of carbonyl (C=O) groups excluding carboxylic acids is 3. The van der Waals surface area contributed by atoms with E-state index in [0.29, 0.717) is 32.6 Å². The number of nitrogens with one attached hydrogen (secondary N) is 1. The van der Waals surface area contributed by atoms with Gasteiger partial charge in [-0.05, 0) is 67.9 Å². The van der Waals surface area contributed by atoms with E-state index in [2.05, 4.69) is 15.4 Å². The van der Waals surface area contributed by atoms with E-state index in [9.17, 15) is 18.0 Å². The number of morpholine rings is 1. The van der Waals surface area contributed by atoms with E-state index in [0.717, 1.165) is 57.9 Å². The highest BCUT2D eigenvalue weighted by atomic mass is 32.2. The molecule has 4 amide bonds. The number of hydrogen-bond acceptors (Lipinski definition) is 7. The highest BCUT2D eigenvalue weighted by Gasteiger charge is 2.60. The molecule has 1 aromatic heterocycles. The smallest absolute Gasteiger partial charge is 0.319 e. The Morgan fingerprint density at radius 2 is 1.64 bits per heavy atom. The van der Waals surface area contributed by atoms with Gasteiger partial charge in [-0.1, -0.05) is 31.4 Å². The maximum Gasteiger partial charge on any atom is 0.319 e. The van der Waals surface area contributed by atoms with Crippen molar-refractivity contribution in [1.29, 1.82) is 0 Å². The summed E-state index contributed by atoms with van der Waals surface area (Å²) in [5, 5.41) is 1.01. The second-order valence-electron chi connectivity index (χ2n) is 16.2. The SMILES string of the molecule is COC1=CC=C2c3c(C4CCCCC4)c4ccc(C(=O)NS(=O)(=O)N(C)C)cc4n3CC3(C(=O)N4C[C@@H](C)O[C@@H](C)C4)CN(C(=O)N(C)C)CC3C2C1. The summed E-state index contributed by atoms with van der Waals surface area (Å²) in [6.07, 6.45) is 9.99. The fourth-order valence-electron chi connectivity index (χ4n) is 9.81.